The fourth-order valence-corrected chi connectivity index (χ4v) is 3.32. The van der Waals surface area contributed by atoms with Crippen molar-refractivity contribution in [1.29, 1.82) is 0 Å². The summed E-state index contributed by atoms with van der Waals surface area (Å²) in [6.07, 6.45) is 1.61. The van der Waals surface area contributed by atoms with Crippen LogP contribution in [0.4, 0.5) is 5.69 Å². The van der Waals surface area contributed by atoms with E-state index in [0.717, 1.165) is 43.7 Å². The smallest absolute Gasteiger partial charge is 0.291 e. The highest BCUT2D eigenvalue weighted by Crippen LogP contribution is 2.21. The summed E-state index contributed by atoms with van der Waals surface area (Å²) in [7, 11) is 0. The molecule has 3 N–H and O–H groups in total. The molecule has 0 bridgehead atoms. The molecular weight excluding hydrogens is 386 g/mol. The van der Waals surface area contributed by atoms with E-state index < -0.39 is 0 Å². The minimum Gasteiger partial charge on any atom is -0.444 e. The predicted molar refractivity (Wildman–Crippen MR) is 98.0 cm³/mol. The van der Waals surface area contributed by atoms with Gasteiger partial charge in [-0.3, -0.25) is 14.5 Å². The summed E-state index contributed by atoms with van der Waals surface area (Å²) in [5.41, 5.74) is 7.20. The second-order valence-electron chi connectivity index (χ2n) is 6.21. The van der Waals surface area contributed by atoms with Crippen LogP contribution in [0.5, 0.6) is 0 Å². The number of carbonyl (C=O) groups excluding carboxylic acids is 2. The van der Waals surface area contributed by atoms with Crippen molar-refractivity contribution in [1.82, 2.24) is 4.90 Å². The molecule has 1 aliphatic rings. The van der Waals surface area contributed by atoms with Crippen LogP contribution in [0.2, 0.25) is 0 Å². The molecule has 7 heteroatoms. The fraction of sp³-hybridized carbons (Fsp3) is 0.333. The first-order valence-corrected chi connectivity index (χ1v) is 8.98. The molecule has 1 aromatic heterocycles. The average Bonchev–Trinajstić information content (AvgIpc) is 3.02. The Hall–Kier alpha value is -2.12. The summed E-state index contributed by atoms with van der Waals surface area (Å²) in [6, 6.07) is 11.0. The molecule has 1 saturated heterocycles. The number of nitrogens with zero attached hydrogens (tertiary/aromatic N) is 1. The molecule has 0 saturated carbocycles. The standard InChI is InChI=1S/C18H20BrN3O3/c19-16-5-4-15(25-16)18(24)21-14-3-1-2-12(10-14)11-22-8-6-13(7-9-22)17(20)23/h1-5,10,13H,6-9,11H2,(H2,20,23)(H,21,24). The molecule has 0 atom stereocenters. The lowest BCUT2D eigenvalue weighted by Gasteiger charge is -2.30. The van der Waals surface area contributed by atoms with Crippen molar-refractivity contribution in [2.24, 2.45) is 11.7 Å². The number of nitrogens with one attached hydrogen (secondary N) is 1. The fourth-order valence-electron chi connectivity index (χ4n) is 3.01. The molecule has 0 radical (unpaired) electrons. The van der Waals surface area contributed by atoms with Gasteiger partial charge in [-0.05, 0) is 71.7 Å². The number of benzene rings is 1. The highest BCUT2D eigenvalue weighted by Gasteiger charge is 2.23. The van der Waals surface area contributed by atoms with Crippen LogP contribution in [-0.4, -0.2) is 29.8 Å². The van der Waals surface area contributed by atoms with Crippen LogP contribution in [0.25, 0.3) is 0 Å². The topological polar surface area (TPSA) is 88.6 Å². The molecule has 1 aromatic carbocycles. The summed E-state index contributed by atoms with van der Waals surface area (Å²) in [5, 5.41) is 2.84. The summed E-state index contributed by atoms with van der Waals surface area (Å²) in [5.74, 6) is -0.237. The highest BCUT2D eigenvalue weighted by atomic mass is 79.9. The van der Waals surface area contributed by atoms with E-state index in [1.165, 1.54) is 0 Å². The van der Waals surface area contributed by atoms with Crippen LogP contribution in [0, 0.1) is 5.92 Å². The number of anilines is 1. The summed E-state index contributed by atoms with van der Waals surface area (Å²) >= 11 is 3.18. The maximum absolute atomic E-state index is 12.1. The molecule has 3 rings (SSSR count). The number of hydrogen-bond donors (Lipinski definition) is 2. The lowest BCUT2D eigenvalue weighted by Crippen LogP contribution is -2.38. The number of rotatable bonds is 5. The Morgan fingerprint density at radius 2 is 2.00 bits per heavy atom. The Kier molecular flexibility index (Phi) is 5.55. The number of furan rings is 1. The number of piperidine rings is 1. The van der Waals surface area contributed by atoms with Gasteiger partial charge in [-0.25, -0.2) is 0 Å². The molecule has 0 spiro atoms. The minimum absolute atomic E-state index is 0.00510. The monoisotopic (exact) mass is 405 g/mol. The largest absolute Gasteiger partial charge is 0.444 e. The van der Waals surface area contributed by atoms with Gasteiger partial charge in [0.1, 0.15) is 0 Å². The van der Waals surface area contributed by atoms with E-state index in [-0.39, 0.29) is 23.5 Å². The molecule has 2 aromatic rings. The van der Waals surface area contributed by atoms with Crippen LogP contribution in [0.1, 0.15) is 29.0 Å². The second-order valence-corrected chi connectivity index (χ2v) is 6.99. The zero-order valence-corrected chi connectivity index (χ0v) is 15.3. The lowest BCUT2D eigenvalue weighted by atomic mass is 9.96. The molecule has 6 nitrogen and oxygen atoms in total. The Labute approximate surface area is 154 Å². The Balaban J connectivity index is 1.58. The molecule has 2 heterocycles. The Morgan fingerprint density at radius 3 is 2.64 bits per heavy atom. The van der Waals surface area contributed by atoms with Gasteiger partial charge in [0.05, 0.1) is 0 Å². The third-order valence-electron chi connectivity index (χ3n) is 4.38. The van der Waals surface area contributed by atoms with Gasteiger partial charge in [0.2, 0.25) is 5.91 Å². The Morgan fingerprint density at radius 1 is 1.24 bits per heavy atom. The molecule has 2 amide bonds. The van der Waals surface area contributed by atoms with E-state index in [2.05, 4.69) is 26.1 Å². The van der Waals surface area contributed by atoms with Crippen LogP contribution >= 0.6 is 15.9 Å². The van der Waals surface area contributed by atoms with Crippen molar-refractivity contribution in [2.75, 3.05) is 18.4 Å². The highest BCUT2D eigenvalue weighted by molar-refractivity contribution is 9.10. The number of carbonyl (C=O) groups is 2. The van der Waals surface area contributed by atoms with Crippen LogP contribution in [0.15, 0.2) is 45.5 Å². The van der Waals surface area contributed by atoms with Crippen molar-refractivity contribution in [3.8, 4) is 0 Å². The SMILES string of the molecule is NC(=O)C1CCN(Cc2cccc(NC(=O)c3ccc(Br)o3)c2)CC1. The maximum Gasteiger partial charge on any atom is 0.291 e. The van der Waals surface area contributed by atoms with E-state index in [1.54, 1.807) is 12.1 Å². The van der Waals surface area contributed by atoms with Gasteiger partial charge in [-0.1, -0.05) is 12.1 Å². The number of nitrogens with two attached hydrogens (primary N) is 1. The normalized spacial score (nSPS) is 15.9. The van der Waals surface area contributed by atoms with Crippen LogP contribution < -0.4 is 11.1 Å². The van der Waals surface area contributed by atoms with Gasteiger partial charge in [0.15, 0.2) is 10.4 Å². The van der Waals surface area contributed by atoms with E-state index in [1.807, 2.05) is 24.3 Å². The first-order valence-electron chi connectivity index (χ1n) is 8.18. The summed E-state index contributed by atoms with van der Waals surface area (Å²) in [4.78, 5) is 25.7. The summed E-state index contributed by atoms with van der Waals surface area (Å²) < 4.78 is 5.78. The predicted octanol–water partition coefficient (Wildman–Crippen LogP) is 2.99. The first-order chi connectivity index (χ1) is 12.0. The Bertz CT molecular complexity index is 766. The minimum atomic E-state index is -0.287. The van der Waals surface area contributed by atoms with Crippen molar-refractivity contribution in [3.63, 3.8) is 0 Å². The lowest BCUT2D eigenvalue weighted by molar-refractivity contribution is -0.123. The zero-order valence-electron chi connectivity index (χ0n) is 13.7. The van der Waals surface area contributed by atoms with Crippen LogP contribution in [-0.2, 0) is 11.3 Å². The molecule has 0 aliphatic carbocycles. The van der Waals surface area contributed by atoms with E-state index in [9.17, 15) is 9.59 Å². The first kappa shape index (κ1) is 17.7. The van der Waals surface area contributed by atoms with E-state index in [0.29, 0.717) is 4.67 Å². The van der Waals surface area contributed by atoms with Gasteiger partial charge in [0, 0.05) is 18.2 Å². The number of hydrogen-bond acceptors (Lipinski definition) is 4. The molecule has 132 valence electrons. The van der Waals surface area contributed by atoms with Gasteiger partial charge in [0.25, 0.3) is 5.91 Å². The van der Waals surface area contributed by atoms with Gasteiger partial charge in [-0.2, -0.15) is 0 Å². The molecular formula is C18H20BrN3O3. The van der Waals surface area contributed by atoms with E-state index >= 15 is 0 Å². The maximum atomic E-state index is 12.1. The third kappa shape index (κ3) is 4.70. The molecule has 0 unspecified atom stereocenters. The second kappa shape index (κ2) is 7.84. The number of likely N-dealkylation sites (tertiary alicyclic amines) is 1. The summed E-state index contributed by atoms with van der Waals surface area (Å²) in [6.45, 7) is 2.48. The third-order valence-corrected chi connectivity index (χ3v) is 4.80. The quantitative estimate of drug-likeness (QED) is 0.799. The van der Waals surface area contributed by atoms with Crippen molar-refractivity contribution in [3.05, 3.63) is 52.4 Å². The zero-order chi connectivity index (χ0) is 17.8. The number of primary amides is 1. The molecule has 1 fully saturated rings. The van der Waals surface area contributed by atoms with E-state index in [4.69, 9.17) is 10.2 Å². The molecule has 1 aliphatic heterocycles. The number of halogens is 1. The van der Waals surface area contributed by atoms with Gasteiger partial charge in [-0.15, -0.1) is 0 Å². The average molecular weight is 406 g/mol. The van der Waals surface area contributed by atoms with Crippen molar-refractivity contribution < 1.29 is 14.0 Å². The van der Waals surface area contributed by atoms with Crippen LogP contribution in [0.3, 0.4) is 0 Å². The van der Waals surface area contributed by atoms with Crippen molar-refractivity contribution in [2.45, 2.75) is 19.4 Å². The number of amides is 2. The van der Waals surface area contributed by atoms with Crippen molar-refractivity contribution >= 4 is 33.4 Å². The van der Waals surface area contributed by atoms with Gasteiger partial charge >= 0.3 is 0 Å². The van der Waals surface area contributed by atoms with Gasteiger partial charge < -0.3 is 15.5 Å². The molecule has 25 heavy (non-hydrogen) atoms.